The molecule has 0 aliphatic carbocycles. The molecule has 1 aliphatic rings. The Hall–Kier alpha value is -1.75. The zero-order valence-corrected chi connectivity index (χ0v) is 11.9. The van der Waals surface area contributed by atoms with Crippen molar-refractivity contribution in [2.75, 3.05) is 31.6 Å². The molecule has 1 heterocycles. The number of carbonyl (C=O) groups is 1. The van der Waals surface area contributed by atoms with Gasteiger partial charge in [0.25, 0.3) is 0 Å². The van der Waals surface area contributed by atoms with Crippen molar-refractivity contribution in [1.82, 2.24) is 5.32 Å². The summed E-state index contributed by atoms with van der Waals surface area (Å²) in [7, 11) is 0. The Morgan fingerprint density at radius 2 is 2.20 bits per heavy atom. The maximum atomic E-state index is 11.3. The quantitative estimate of drug-likeness (QED) is 0.798. The van der Waals surface area contributed by atoms with E-state index < -0.39 is 0 Å². The summed E-state index contributed by atoms with van der Waals surface area (Å²) in [4.78, 5) is 11.3. The van der Waals surface area contributed by atoms with Crippen LogP contribution in [-0.4, -0.2) is 38.3 Å². The molecule has 1 aliphatic heterocycles. The molecule has 1 aromatic rings. The van der Waals surface area contributed by atoms with Gasteiger partial charge >= 0.3 is 0 Å². The van der Waals surface area contributed by atoms with Crippen LogP contribution in [-0.2, 0) is 9.53 Å². The first-order valence-corrected chi connectivity index (χ1v) is 7.13. The summed E-state index contributed by atoms with van der Waals surface area (Å²) in [6.07, 6.45) is 2.42. The van der Waals surface area contributed by atoms with Crippen molar-refractivity contribution < 1.29 is 14.3 Å². The molecule has 1 amide bonds. The van der Waals surface area contributed by atoms with Gasteiger partial charge in [-0.2, -0.15) is 0 Å². The third-order valence-electron chi connectivity index (χ3n) is 3.14. The normalized spacial score (nSPS) is 17.8. The van der Waals surface area contributed by atoms with Gasteiger partial charge in [-0.3, -0.25) is 4.79 Å². The van der Waals surface area contributed by atoms with Crippen LogP contribution in [0.1, 0.15) is 19.8 Å². The third-order valence-corrected chi connectivity index (χ3v) is 3.14. The van der Waals surface area contributed by atoms with Gasteiger partial charge in [0.05, 0.1) is 12.6 Å². The molecule has 5 heteroatoms. The van der Waals surface area contributed by atoms with E-state index in [-0.39, 0.29) is 18.6 Å². The number of ether oxygens (including phenoxy) is 2. The maximum absolute atomic E-state index is 11.3. The van der Waals surface area contributed by atoms with E-state index in [4.69, 9.17) is 9.47 Å². The lowest BCUT2D eigenvalue weighted by atomic mass is 10.2. The van der Waals surface area contributed by atoms with Crippen LogP contribution in [0.5, 0.6) is 5.75 Å². The fraction of sp³-hybridized carbons (Fsp3) is 0.533. The topological polar surface area (TPSA) is 59.6 Å². The van der Waals surface area contributed by atoms with Crippen molar-refractivity contribution >= 4 is 11.6 Å². The molecule has 0 radical (unpaired) electrons. The monoisotopic (exact) mass is 278 g/mol. The molecule has 1 saturated heterocycles. The predicted octanol–water partition coefficient (Wildman–Crippen LogP) is 1.79. The molecule has 0 aromatic heterocycles. The molecule has 0 spiro atoms. The molecule has 0 saturated carbocycles. The summed E-state index contributed by atoms with van der Waals surface area (Å²) in [5.74, 6) is 0.815. The Kier molecular flexibility index (Phi) is 5.68. The fourth-order valence-electron chi connectivity index (χ4n) is 2.08. The SMILES string of the molecule is CCNC(=O)CNc1ccc(OCC2CCCO2)cc1. The summed E-state index contributed by atoms with van der Waals surface area (Å²) in [5.41, 5.74) is 0.903. The minimum Gasteiger partial charge on any atom is -0.491 e. The molecular weight excluding hydrogens is 256 g/mol. The second-order valence-electron chi connectivity index (χ2n) is 4.78. The van der Waals surface area contributed by atoms with Crippen LogP contribution in [0, 0.1) is 0 Å². The Morgan fingerprint density at radius 1 is 1.40 bits per heavy atom. The predicted molar refractivity (Wildman–Crippen MR) is 78.1 cm³/mol. The summed E-state index contributed by atoms with van der Waals surface area (Å²) in [6.45, 7) is 4.28. The van der Waals surface area contributed by atoms with E-state index in [0.29, 0.717) is 13.2 Å². The fourth-order valence-corrected chi connectivity index (χ4v) is 2.08. The maximum Gasteiger partial charge on any atom is 0.239 e. The summed E-state index contributed by atoms with van der Waals surface area (Å²) < 4.78 is 11.2. The van der Waals surface area contributed by atoms with Crippen molar-refractivity contribution in [2.24, 2.45) is 0 Å². The van der Waals surface area contributed by atoms with Crippen LogP contribution in [0.2, 0.25) is 0 Å². The Morgan fingerprint density at radius 3 is 2.85 bits per heavy atom. The Labute approximate surface area is 119 Å². The first-order chi connectivity index (χ1) is 9.78. The van der Waals surface area contributed by atoms with Crippen LogP contribution in [0.25, 0.3) is 0 Å². The third kappa shape index (κ3) is 4.74. The van der Waals surface area contributed by atoms with E-state index in [1.54, 1.807) is 0 Å². The lowest BCUT2D eigenvalue weighted by Crippen LogP contribution is -2.29. The highest BCUT2D eigenvalue weighted by Crippen LogP contribution is 2.18. The van der Waals surface area contributed by atoms with E-state index in [1.165, 1.54) is 0 Å². The average Bonchev–Trinajstić information content (AvgIpc) is 2.98. The Bertz CT molecular complexity index is 414. The number of likely N-dealkylation sites (N-methyl/N-ethyl adjacent to an activating group) is 1. The van der Waals surface area contributed by atoms with Crippen LogP contribution < -0.4 is 15.4 Å². The second kappa shape index (κ2) is 7.75. The van der Waals surface area contributed by atoms with Gasteiger partial charge in [-0.05, 0) is 44.0 Å². The van der Waals surface area contributed by atoms with Crippen molar-refractivity contribution in [3.63, 3.8) is 0 Å². The van der Waals surface area contributed by atoms with E-state index in [1.807, 2.05) is 31.2 Å². The molecular formula is C15H22N2O3. The number of nitrogens with one attached hydrogen (secondary N) is 2. The molecule has 2 rings (SSSR count). The van der Waals surface area contributed by atoms with Gasteiger partial charge in [-0.15, -0.1) is 0 Å². The van der Waals surface area contributed by atoms with Gasteiger partial charge in [-0.1, -0.05) is 0 Å². The van der Waals surface area contributed by atoms with E-state index in [9.17, 15) is 4.79 Å². The summed E-state index contributed by atoms with van der Waals surface area (Å²) in [6, 6.07) is 7.61. The molecule has 110 valence electrons. The van der Waals surface area contributed by atoms with Crippen molar-refractivity contribution in [2.45, 2.75) is 25.9 Å². The van der Waals surface area contributed by atoms with Crippen molar-refractivity contribution in [3.8, 4) is 5.75 Å². The minimum atomic E-state index is -0.00814. The molecule has 20 heavy (non-hydrogen) atoms. The smallest absolute Gasteiger partial charge is 0.239 e. The highest BCUT2D eigenvalue weighted by molar-refractivity contribution is 5.80. The number of amides is 1. The molecule has 0 bridgehead atoms. The number of carbonyl (C=O) groups excluding carboxylic acids is 1. The van der Waals surface area contributed by atoms with Gasteiger partial charge in [0.2, 0.25) is 5.91 Å². The molecule has 5 nitrogen and oxygen atoms in total. The van der Waals surface area contributed by atoms with Gasteiger partial charge in [-0.25, -0.2) is 0 Å². The number of hydrogen-bond donors (Lipinski definition) is 2. The van der Waals surface area contributed by atoms with Crippen LogP contribution in [0.15, 0.2) is 24.3 Å². The minimum absolute atomic E-state index is 0.00814. The summed E-state index contributed by atoms with van der Waals surface area (Å²) >= 11 is 0. The number of anilines is 1. The number of hydrogen-bond acceptors (Lipinski definition) is 4. The lowest BCUT2D eigenvalue weighted by molar-refractivity contribution is -0.119. The van der Waals surface area contributed by atoms with Gasteiger partial charge in [0.1, 0.15) is 12.4 Å². The molecule has 1 fully saturated rings. The van der Waals surface area contributed by atoms with Gasteiger partial charge in [0.15, 0.2) is 0 Å². The zero-order valence-electron chi connectivity index (χ0n) is 11.9. The number of rotatable bonds is 7. The molecule has 1 atom stereocenters. The molecule has 1 unspecified atom stereocenters. The standard InChI is InChI=1S/C15H22N2O3/c1-2-16-15(18)10-17-12-5-7-13(8-6-12)20-11-14-4-3-9-19-14/h5-8,14,17H,2-4,9-11H2,1H3,(H,16,18). The zero-order chi connectivity index (χ0) is 14.2. The van der Waals surface area contributed by atoms with Crippen LogP contribution in [0.3, 0.4) is 0 Å². The lowest BCUT2D eigenvalue weighted by Gasteiger charge is -2.12. The first-order valence-electron chi connectivity index (χ1n) is 7.13. The number of benzene rings is 1. The van der Waals surface area contributed by atoms with E-state index in [2.05, 4.69) is 10.6 Å². The average molecular weight is 278 g/mol. The highest BCUT2D eigenvalue weighted by Gasteiger charge is 2.15. The molecule has 2 N–H and O–H groups in total. The first kappa shape index (κ1) is 14.7. The van der Waals surface area contributed by atoms with Crippen LogP contribution in [0.4, 0.5) is 5.69 Å². The summed E-state index contributed by atoms with van der Waals surface area (Å²) in [5, 5.41) is 5.80. The van der Waals surface area contributed by atoms with Crippen molar-refractivity contribution in [1.29, 1.82) is 0 Å². The van der Waals surface area contributed by atoms with E-state index in [0.717, 1.165) is 30.9 Å². The van der Waals surface area contributed by atoms with Crippen LogP contribution >= 0.6 is 0 Å². The van der Waals surface area contributed by atoms with Gasteiger partial charge < -0.3 is 20.1 Å². The highest BCUT2D eigenvalue weighted by atomic mass is 16.5. The van der Waals surface area contributed by atoms with E-state index >= 15 is 0 Å². The largest absolute Gasteiger partial charge is 0.491 e. The van der Waals surface area contributed by atoms with Crippen molar-refractivity contribution in [3.05, 3.63) is 24.3 Å². The Balaban J connectivity index is 1.72. The van der Waals surface area contributed by atoms with Gasteiger partial charge in [0, 0.05) is 18.8 Å². The molecule has 1 aromatic carbocycles. The second-order valence-corrected chi connectivity index (χ2v) is 4.78.